The zero-order valence-electron chi connectivity index (χ0n) is 25.6. The van der Waals surface area contributed by atoms with Crippen molar-refractivity contribution in [3.63, 3.8) is 0 Å². The molecule has 0 heterocycles. The first-order valence-corrected chi connectivity index (χ1v) is 17.3. The standard InChI is InChI=1S/C29H65N3O2Si/c1-10-22-30(7)25-16-19-29(20-17-26-31(8)23-11-2,21-18-27-32(9)24-12-3)28-35(15-6,33-13-4)34-14-5/h10-28H2,1-9H3. The van der Waals surface area contributed by atoms with Crippen LogP contribution in [0.3, 0.4) is 0 Å². The van der Waals surface area contributed by atoms with E-state index in [-0.39, 0.29) is 0 Å². The summed E-state index contributed by atoms with van der Waals surface area (Å²) in [5.41, 5.74) is 0.319. The summed E-state index contributed by atoms with van der Waals surface area (Å²) in [6.45, 7) is 22.2. The van der Waals surface area contributed by atoms with Gasteiger partial charge in [-0.05, 0) is 150 Å². The van der Waals surface area contributed by atoms with E-state index in [4.69, 9.17) is 8.85 Å². The summed E-state index contributed by atoms with van der Waals surface area (Å²) in [7, 11) is 4.64. The van der Waals surface area contributed by atoms with Gasteiger partial charge in [-0.3, -0.25) is 0 Å². The minimum Gasteiger partial charge on any atom is -0.394 e. The van der Waals surface area contributed by atoms with Crippen LogP contribution in [0.5, 0.6) is 0 Å². The summed E-state index contributed by atoms with van der Waals surface area (Å²) in [6, 6.07) is 2.21. The Bertz CT molecular complexity index is 429. The fourth-order valence-corrected chi connectivity index (χ4v) is 9.53. The van der Waals surface area contributed by atoms with Crippen LogP contribution in [0.1, 0.15) is 99.3 Å². The second-order valence-electron chi connectivity index (χ2n) is 11.0. The molecule has 0 aromatic heterocycles. The predicted molar refractivity (Wildman–Crippen MR) is 158 cm³/mol. The summed E-state index contributed by atoms with van der Waals surface area (Å²) in [5.74, 6) is 0. The van der Waals surface area contributed by atoms with E-state index in [1.54, 1.807) is 0 Å². The van der Waals surface area contributed by atoms with Crippen molar-refractivity contribution in [2.45, 2.75) is 111 Å². The van der Waals surface area contributed by atoms with Crippen LogP contribution in [0.4, 0.5) is 0 Å². The van der Waals surface area contributed by atoms with E-state index < -0.39 is 8.56 Å². The van der Waals surface area contributed by atoms with Gasteiger partial charge in [-0.15, -0.1) is 0 Å². The third-order valence-electron chi connectivity index (χ3n) is 7.55. The van der Waals surface area contributed by atoms with Crippen LogP contribution >= 0.6 is 0 Å². The molecule has 0 aliphatic heterocycles. The molecule has 0 fully saturated rings. The lowest BCUT2D eigenvalue weighted by Crippen LogP contribution is -2.47. The van der Waals surface area contributed by atoms with Crippen molar-refractivity contribution in [3.8, 4) is 0 Å². The fraction of sp³-hybridized carbons (Fsp3) is 1.00. The lowest BCUT2D eigenvalue weighted by atomic mass is 9.76. The Morgan fingerprint density at radius 3 is 1.14 bits per heavy atom. The molecule has 0 spiro atoms. The Morgan fingerprint density at radius 2 is 0.886 bits per heavy atom. The predicted octanol–water partition coefficient (Wildman–Crippen LogP) is 6.87. The molecular weight excluding hydrogens is 450 g/mol. The third-order valence-corrected chi connectivity index (χ3v) is 11.6. The summed E-state index contributed by atoms with van der Waals surface area (Å²) in [5, 5.41) is 0. The van der Waals surface area contributed by atoms with Crippen LogP contribution in [-0.2, 0) is 8.85 Å². The van der Waals surface area contributed by atoms with Crippen molar-refractivity contribution >= 4 is 8.56 Å². The quantitative estimate of drug-likeness (QED) is 0.124. The van der Waals surface area contributed by atoms with Gasteiger partial charge in [0, 0.05) is 13.2 Å². The number of rotatable bonds is 25. The third kappa shape index (κ3) is 15.8. The number of hydrogen-bond acceptors (Lipinski definition) is 5. The van der Waals surface area contributed by atoms with Gasteiger partial charge in [-0.1, -0.05) is 27.7 Å². The van der Waals surface area contributed by atoms with Crippen LogP contribution < -0.4 is 0 Å². The monoisotopic (exact) mass is 515 g/mol. The lowest BCUT2D eigenvalue weighted by molar-refractivity contribution is 0.136. The van der Waals surface area contributed by atoms with Gasteiger partial charge in [0.1, 0.15) is 0 Å². The molecule has 6 heteroatoms. The van der Waals surface area contributed by atoms with Gasteiger partial charge in [-0.2, -0.15) is 0 Å². The highest BCUT2D eigenvalue weighted by atomic mass is 28.4. The molecule has 0 bridgehead atoms. The van der Waals surface area contributed by atoms with E-state index in [1.807, 2.05) is 0 Å². The molecule has 0 aromatic carbocycles. The van der Waals surface area contributed by atoms with E-state index in [0.29, 0.717) is 5.41 Å². The maximum absolute atomic E-state index is 6.56. The normalized spacial score (nSPS) is 13.0. The Labute approximate surface area is 222 Å². The molecule has 0 rings (SSSR count). The molecule has 0 aliphatic rings. The zero-order chi connectivity index (χ0) is 26.6. The van der Waals surface area contributed by atoms with E-state index in [0.717, 1.165) is 25.3 Å². The van der Waals surface area contributed by atoms with Crippen LogP contribution in [0.2, 0.25) is 12.1 Å². The van der Waals surface area contributed by atoms with Gasteiger partial charge in [0.2, 0.25) is 0 Å². The summed E-state index contributed by atoms with van der Waals surface area (Å²) in [4.78, 5) is 7.55. The molecule has 0 radical (unpaired) electrons. The average Bonchev–Trinajstić information content (AvgIpc) is 2.80. The zero-order valence-corrected chi connectivity index (χ0v) is 26.6. The molecule has 35 heavy (non-hydrogen) atoms. The molecule has 0 aliphatic carbocycles. The Hall–Kier alpha value is 0.0169. The van der Waals surface area contributed by atoms with Crippen LogP contribution in [0.25, 0.3) is 0 Å². The molecule has 0 atom stereocenters. The maximum atomic E-state index is 6.56. The molecule has 0 amide bonds. The van der Waals surface area contributed by atoms with Gasteiger partial charge in [0.15, 0.2) is 0 Å². The first kappa shape index (κ1) is 35.0. The molecule has 0 aromatic rings. The number of nitrogens with zero attached hydrogens (tertiary/aromatic N) is 3. The van der Waals surface area contributed by atoms with Gasteiger partial charge in [0.05, 0.1) is 0 Å². The maximum Gasteiger partial charge on any atom is 0.338 e. The minimum absolute atomic E-state index is 0.319. The highest BCUT2D eigenvalue weighted by Gasteiger charge is 2.44. The Kier molecular flexibility index (Phi) is 21.0. The lowest BCUT2D eigenvalue weighted by Gasteiger charge is -2.42. The van der Waals surface area contributed by atoms with Gasteiger partial charge in [0.25, 0.3) is 0 Å². The summed E-state index contributed by atoms with van der Waals surface area (Å²) in [6.07, 6.45) is 11.4. The second kappa shape index (κ2) is 21.0. The van der Waals surface area contributed by atoms with E-state index >= 15 is 0 Å². The van der Waals surface area contributed by atoms with Gasteiger partial charge < -0.3 is 23.6 Å². The SMILES string of the molecule is CCCN(C)CCCC(CCCN(C)CCC)(CCCN(C)CCC)C[Si](CC)(OCC)OCC. The smallest absolute Gasteiger partial charge is 0.338 e. The van der Waals surface area contributed by atoms with Crippen molar-refractivity contribution in [2.75, 3.05) is 73.6 Å². The highest BCUT2D eigenvalue weighted by molar-refractivity contribution is 6.67. The van der Waals surface area contributed by atoms with Crippen molar-refractivity contribution in [3.05, 3.63) is 0 Å². The van der Waals surface area contributed by atoms with Crippen LogP contribution in [0.15, 0.2) is 0 Å². The summed E-state index contributed by atoms with van der Waals surface area (Å²) >= 11 is 0. The van der Waals surface area contributed by atoms with Crippen molar-refractivity contribution < 1.29 is 8.85 Å². The first-order chi connectivity index (χ1) is 16.8. The Balaban J connectivity index is 5.78. The highest BCUT2D eigenvalue weighted by Crippen LogP contribution is 2.44. The van der Waals surface area contributed by atoms with Crippen molar-refractivity contribution in [1.82, 2.24) is 14.7 Å². The van der Waals surface area contributed by atoms with Gasteiger partial charge in [-0.25, -0.2) is 0 Å². The largest absolute Gasteiger partial charge is 0.394 e. The molecule has 5 nitrogen and oxygen atoms in total. The Morgan fingerprint density at radius 1 is 0.543 bits per heavy atom. The fourth-order valence-electron chi connectivity index (χ4n) is 5.86. The van der Waals surface area contributed by atoms with E-state index in [9.17, 15) is 0 Å². The summed E-state index contributed by atoms with van der Waals surface area (Å²) < 4.78 is 13.1. The minimum atomic E-state index is -2.22. The molecule has 0 N–H and O–H groups in total. The van der Waals surface area contributed by atoms with Crippen LogP contribution in [-0.4, -0.2) is 96.9 Å². The van der Waals surface area contributed by atoms with E-state index in [2.05, 4.69) is 77.4 Å². The van der Waals surface area contributed by atoms with Gasteiger partial charge >= 0.3 is 8.56 Å². The second-order valence-corrected chi connectivity index (χ2v) is 14.5. The topological polar surface area (TPSA) is 28.2 Å². The molecule has 0 saturated carbocycles. The number of hydrogen-bond donors (Lipinski definition) is 0. The molecular formula is C29H65N3O2Si. The van der Waals surface area contributed by atoms with Crippen molar-refractivity contribution in [2.24, 2.45) is 5.41 Å². The molecule has 0 saturated heterocycles. The molecule has 212 valence electrons. The van der Waals surface area contributed by atoms with E-state index in [1.165, 1.54) is 97.1 Å². The van der Waals surface area contributed by atoms with Crippen LogP contribution in [0, 0.1) is 5.41 Å². The van der Waals surface area contributed by atoms with Crippen molar-refractivity contribution in [1.29, 1.82) is 0 Å². The average molecular weight is 516 g/mol. The molecule has 0 unspecified atom stereocenters. The first-order valence-electron chi connectivity index (χ1n) is 15.1.